The molecule has 2 fully saturated rings. The summed E-state index contributed by atoms with van der Waals surface area (Å²) in [6.45, 7) is 11.6. The van der Waals surface area contributed by atoms with E-state index in [4.69, 9.17) is 4.74 Å². The molecule has 16 heavy (non-hydrogen) atoms. The lowest BCUT2D eigenvalue weighted by atomic mass is 10.3. The topological polar surface area (TPSA) is 19.0 Å². The van der Waals surface area contributed by atoms with Crippen LogP contribution in [-0.4, -0.2) is 87.3 Å². The fourth-order valence-electron chi connectivity index (χ4n) is 2.41. The summed E-state index contributed by atoms with van der Waals surface area (Å²) in [7, 11) is 2.21. The van der Waals surface area contributed by atoms with E-state index >= 15 is 0 Å². The molecule has 2 aliphatic heterocycles. The van der Waals surface area contributed by atoms with Crippen LogP contribution >= 0.6 is 0 Å². The Hall–Kier alpha value is -0.160. The van der Waals surface area contributed by atoms with E-state index in [1.165, 1.54) is 45.7 Å². The summed E-state index contributed by atoms with van der Waals surface area (Å²) in [4.78, 5) is 7.54. The van der Waals surface area contributed by atoms with Gasteiger partial charge in [0, 0.05) is 39.3 Å². The first kappa shape index (κ1) is 12.3. The van der Waals surface area contributed by atoms with E-state index in [-0.39, 0.29) is 0 Å². The minimum absolute atomic E-state index is 0.925. The maximum absolute atomic E-state index is 5.35. The highest BCUT2D eigenvalue weighted by Gasteiger charge is 2.14. The summed E-state index contributed by atoms with van der Waals surface area (Å²) < 4.78 is 5.35. The Bertz CT molecular complexity index is 187. The molecular formula is C12H25N3O. The summed E-state index contributed by atoms with van der Waals surface area (Å²) in [5.41, 5.74) is 0. The maximum atomic E-state index is 5.35. The van der Waals surface area contributed by atoms with Gasteiger partial charge in [-0.1, -0.05) is 0 Å². The molecule has 2 aliphatic rings. The quantitative estimate of drug-likeness (QED) is 0.670. The summed E-state index contributed by atoms with van der Waals surface area (Å²) in [6, 6.07) is 0. The zero-order chi connectivity index (χ0) is 11.2. The minimum Gasteiger partial charge on any atom is -0.379 e. The average molecular weight is 227 g/mol. The van der Waals surface area contributed by atoms with E-state index in [9.17, 15) is 0 Å². The minimum atomic E-state index is 0.925. The van der Waals surface area contributed by atoms with E-state index in [0.29, 0.717) is 0 Å². The van der Waals surface area contributed by atoms with Crippen molar-refractivity contribution >= 4 is 0 Å². The van der Waals surface area contributed by atoms with Gasteiger partial charge in [-0.25, -0.2) is 0 Å². The van der Waals surface area contributed by atoms with Crippen LogP contribution in [0, 0.1) is 0 Å². The summed E-state index contributed by atoms with van der Waals surface area (Å²) in [5, 5.41) is 0. The largest absolute Gasteiger partial charge is 0.379 e. The molecule has 0 spiro atoms. The third kappa shape index (κ3) is 4.01. The smallest absolute Gasteiger partial charge is 0.0594 e. The lowest BCUT2D eigenvalue weighted by Crippen LogP contribution is -2.45. The Morgan fingerprint density at radius 2 is 1.38 bits per heavy atom. The van der Waals surface area contributed by atoms with Crippen molar-refractivity contribution in [3.63, 3.8) is 0 Å². The van der Waals surface area contributed by atoms with Crippen molar-refractivity contribution in [1.82, 2.24) is 14.7 Å². The Morgan fingerprint density at radius 3 is 2.00 bits per heavy atom. The molecule has 2 rings (SSSR count). The van der Waals surface area contributed by atoms with Gasteiger partial charge in [0.05, 0.1) is 13.2 Å². The van der Waals surface area contributed by atoms with Gasteiger partial charge in [0.25, 0.3) is 0 Å². The molecule has 4 nitrogen and oxygen atoms in total. The van der Waals surface area contributed by atoms with Crippen molar-refractivity contribution in [2.45, 2.75) is 6.42 Å². The molecule has 94 valence electrons. The Morgan fingerprint density at radius 1 is 0.812 bits per heavy atom. The Kier molecular flexibility index (Phi) is 5.03. The number of rotatable bonds is 4. The Balaban J connectivity index is 1.53. The van der Waals surface area contributed by atoms with Gasteiger partial charge in [-0.2, -0.15) is 0 Å². The molecular weight excluding hydrogens is 202 g/mol. The molecule has 4 heteroatoms. The average Bonchev–Trinajstić information content (AvgIpc) is 2.33. The molecule has 0 N–H and O–H groups in total. The van der Waals surface area contributed by atoms with Crippen LogP contribution in [0.5, 0.6) is 0 Å². The predicted molar refractivity (Wildman–Crippen MR) is 65.8 cm³/mol. The van der Waals surface area contributed by atoms with E-state index in [0.717, 1.165) is 26.3 Å². The first-order chi connectivity index (χ1) is 7.84. The van der Waals surface area contributed by atoms with Crippen molar-refractivity contribution in [1.29, 1.82) is 0 Å². The van der Waals surface area contributed by atoms with Gasteiger partial charge in [-0.05, 0) is 26.6 Å². The van der Waals surface area contributed by atoms with E-state index < -0.39 is 0 Å². The Labute approximate surface area is 99.1 Å². The monoisotopic (exact) mass is 227 g/mol. The van der Waals surface area contributed by atoms with Gasteiger partial charge < -0.3 is 14.5 Å². The summed E-state index contributed by atoms with van der Waals surface area (Å²) in [5.74, 6) is 0. The molecule has 0 atom stereocenters. The van der Waals surface area contributed by atoms with Gasteiger partial charge in [0.2, 0.25) is 0 Å². The number of hydrogen-bond donors (Lipinski definition) is 0. The second-order valence-corrected chi connectivity index (χ2v) is 4.95. The van der Waals surface area contributed by atoms with Gasteiger partial charge in [0.15, 0.2) is 0 Å². The van der Waals surface area contributed by atoms with Gasteiger partial charge in [-0.15, -0.1) is 0 Å². The molecule has 0 aliphatic carbocycles. The molecule has 2 saturated heterocycles. The third-order valence-electron chi connectivity index (χ3n) is 3.65. The fourth-order valence-corrected chi connectivity index (χ4v) is 2.41. The first-order valence-electron chi connectivity index (χ1n) is 6.55. The van der Waals surface area contributed by atoms with Crippen LogP contribution in [0.1, 0.15) is 6.42 Å². The number of morpholine rings is 1. The number of hydrogen-bond acceptors (Lipinski definition) is 4. The third-order valence-corrected chi connectivity index (χ3v) is 3.65. The molecule has 0 radical (unpaired) electrons. The van der Waals surface area contributed by atoms with Crippen LogP contribution in [0.3, 0.4) is 0 Å². The molecule has 0 aromatic heterocycles. The maximum Gasteiger partial charge on any atom is 0.0594 e. The lowest BCUT2D eigenvalue weighted by molar-refractivity contribution is 0.0353. The van der Waals surface area contributed by atoms with Crippen molar-refractivity contribution < 1.29 is 4.74 Å². The van der Waals surface area contributed by atoms with Crippen LogP contribution < -0.4 is 0 Å². The molecule has 2 heterocycles. The number of piperazine rings is 1. The van der Waals surface area contributed by atoms with Crippen LogP contribution in [0.15, 0.2) is 0 Å². The van der Waals surface area contributed by atoms with Crippen molar-refractivity contribution in [3.05, 3.63) is 0 Å². The van der Waals surface area contributed by atoms with Gasteiger partial charge in [-0.3, -0.25) is 4.90 Å². The number of nitrogens with zero attached hydrogens (tertiary/aromatic N) is 3. The van der Waals surface area contributed by atoms with E-state index in [1.54, 1.807) is 0 Å². The number of likely N-dealkylation sites (N-methyl/N-ethyl adjacent to an activating group) is 1. The van der Waals surface area contributed by atoms with Crippen molar-refractivity contribution in [2.24, 2.45) is 0 Å². The highest BCUT2D eigenvalue weighted by atomic mass is 16.5. The van der Waals surface area contributed by atoms with Gasteiger partial charge in [0.1, 0.15) is 0 Å². The second-order valence-electron chi connectivity index (χ2n) is 4.95. The lowest BCUT2D eigenvalue weighted by Gasteiger charge is -2.33. The molecule has 0 saturated carbocycles. The van der Waals surface area contributed by atoms with Crippen molar-refractivity contribution in [3.8, 4) is 0 Å². The zero-order valence-corrected chi connectivity index (χ0v) is 10.5. The van der Waals surface area contributed by atoms with Crippen LogP contribution in [-0.2, 0) is 4.74 Å². The van der Waals surface area contributed by atoms with E-state index in [2.05, 4.69) is 21.7 Å². The highest BCUT2D eigenvalue weighted by Crippen LogP contribution is 2.02. The predicted octanol–water partition coefficient (Wildman–Crippen LogP) is -0.0439. The van der Waals surface area contributed by atoms with Crippen LogP contribution in [0.4, 0.5) is 0 Å². The van der Waals surface area contributed by atoms with Crippen LogP contribution in [0.25, 0.3) is 0 Å². The zero-order valence-electron chi connectivity index (χ0n) is 10.5. The first-order valence-corrected chi connectivity index (χ1v) is 6.55. The molecule has 0 unspecified atom stereocenters. The molecule has 0 bridgehead atoms. The van der Waals surface area contributed by atoms with E-state index in [1.807, 2.05) is 0 Å². The van der Waals surface area contributed by atoms with Gasteiger partial charge >= 0.3 is 0 Å². The molecule has 0 amide bonds. The SMILES string of the molecule is CN1CCN(CCCN2CCOCC2)CC1. The second kappa shape index (κ2) is 6.55. The summed E-state index contributed by atoms with van der Waals surface area (Å²) >= 11 is 0. The van der Waals surface area contributed by atoms with Crippen LogP contribution in [0.2, 0.25) is 0 Å². The normalized spacial score (nSPS) is 26.1. The summed E-state index contributed by atoms with van der Waals surface area (Å²) in [6.07, 6.45) is 1.31. The fraction of sp³-hybridized carbons (Fsp3) is 1.00. The van der Waals surface area contributed by atoms with Crippen molar-refractivity contribution in [2.75, 3.05) is 72.6 Å². The molecule has 0 aromatic rings. The highest BCUT2D eigenvalue weighted by molar-refractivity contribution is 4.70. The standard InChI is InChI=1S/C12H25N3O/c1-13-5-7-14(8-6-13)3-2-4-15-9-11-16-12-10-15/h2-12H2,1H3. The molecule has 0 aromatic carbocycles. The number of ether oxygens (including phenoxy) is 1.